The van der Waals surface area contributed by atoms with Crippen LogP contribution in [0.25, 0.3) is 0 Å². The molecule has 0 amide bonds. The molecule has 5 heteroatoms. The molecule has 2 N–H and O–H groups in total. The SMILES string of the molecule is C=CNCS(=O)(=O)O. The van der Waals surface area contributed by atoms with E-state index in [9.17, 15) is 8.42 Å². The van der Waals surface area contributed by atoms with Crippen LogP contribution in [-0.4, -0.2) is 18.8 Å². The summed E-state index contributed by atoms with van der Waals surface area (Å²) in [6.07, 6.45) is 1.19. The van der Waals surface area contributed by atoms with Gasteiger partial charge in [0.15, 0.2) is 0 Å². The summed E-state index contributed by atoms with van der Waals surface area (Å²) in [5.74, 6) is -0.476. The Kier molecular flexibility index (Phi) is 2.50. The van der Waals surface area contributed by atoms with Gasteiger partial charge in [-0.25, -0.2) is 0 Å². The van der Waals surface area contributed by atoms with Gasteiger partial charge in [0.1, 0.15) is 5.88 Å². The zero-order valence-corrected chi connectivity index (χ0v) is 4.98. The van der Waals surface area contributed by atoms with Gasteiger partial charge in [0.25, 0.3) is 10.1 Å². The van der Waals surface area contributed by atoms with Crippen molar-refractivity contribution in [2.75, 3.05) is 5.88 Å². The maximum Gasteiger partial charge on any atom is 0.283 e. The van der Waals surface area contributed by atoms with Gasteiger partial charge >= 0.3 is 0 Å². The fourth-order valence-electron chi connectivity index (χ4n) is 0.164. The standard InChI is InChI=1S/C3H7NO3S/c1-2-4-3-8(5,6)7/h2,4H,1,3H2,(H,5,6,7). The number of rotatable bonds is 3. The smallest absolute Gasteiger partial charge is 0.283 e. The summed E-state index contributed by atoms with van der Waals surface area (Å²) < 4.78 is 27.7. The van der Waals surface area contributed by atoms with Gasteiger partial charge in [-0.2, -0.15) is 8.42 Å². The number of hydrogen-bond donors (Lipinski definition) is 2. The van der Waals surface area contributed by atoms with E-state index in [-0.39, 0.29) is 0 Å². The molecule has 0 saturated carbocycles. The van der Waals surface area contributed by atoms with Gasteiger partial charge in [0.05, 0.1) is 0 Å². The highest BCUT2D eigenvalue weighted by atomic mass is 32.2. The highest BCUT2D eigenvalue weighted by molar-refractivity contribution is 7.85. The van der Waals surface area contributed by atoms with Crippen molar-refractivity contribution >= 4 is 10.1 Å². The molecule has 0 spiro atoms. The Hall–Kier alpha value is -0.550. The van der Waals surface area contributed by atoms with Crippen molar-refractivity contribution in [3.05, 3.63) is 12.8 Å². The first kappa shape index (κ1) is 7.45. The van der Waals surface area contributed by atoms with E-state index in [0.717, 1.165) is 0 Å². The van der Waals surface area contributed by atoms with Gasteiger partial charge < -0.3 is 5.32 Å². The van der Waals surface area contributed by atoms with Crippen molar-refractivity contribution in [3.63, 3.8) is 0 Å². The second-order valence-electron chi connectivity index (χ2n) is 1.13. The Labute approximate surface area is 48.0 Å². The van der Waals surface area contributed by atoms with Crippen LogP contribution in [0.4, 0.5) is 0 Å². The van der Waals surface area contributed by atoms with E-state index in [0.29, 0.717) is 0 Å². The summed E-state index contributed by atoms with van der Waals surface area (Å²) in [7, 11) is -3.87. The predicted molar refractivity (Wildman–Crippen MR) is 29.7 cm³/mol. The fraction of sp³-hybridized carbons (Fsp3) is 0.333. The third-order valence-corrected chi connectivity index (χ3v) is 0.942. The molecule has 0 aromatic rings. The second kappa shape index (κ2) is 2.68. The molecule has 0 aromatic carbocycles. The molecule has 4 nitrogen and oxygen atoms in total. The molecule has 0 bridgehead atoms. The molecular formula is C3H7NO3S. The summed E-state index contributed by atoms with van der Waals surface area (Å²) in [4.78, 5) is 0. The monoisotopic (exact) mass is 137 g/mol. The molecule has 0 unspecified atom stereocenters. The first-order valence-corrected chi connectivity index (χ1v) is 3.46. The molecule has 0 aromatic heterocycles. The van der Waals surface area contributed by atoms with Crippen molar-refractivity contribution < 1.29 is 13.0 Å². The summed E-state index contributed by atoms with van der Waals surface area (Å²) in [6.45, 7) is 3.18. The van der Waals surface area contributed by atoms with E-state index >= 15 is 0 Å². The van der Waals surface area contributed by atoms with E-state index < -0.39 is 16.0 Å². The van der Waals surface area contributed by atoms with E-state index in [1.54, 1.807) is 0 Å². The number of hydrogen-bond acceptors (Lipinski definition) is 3. The molecule has 0 aliphatic carbocycles. The zero-order chi connectivity index (χ0) is 6.62. The molecular weight excluding hydrogens is 130 g/mol. The lowest BCUT2D eigenvalue weighted by molar-refractivity contribution is 0.480. The van der Waals surface area contributed by atoms with E-state index in [4.69, 9.17) is 4.55 Å². The lowest BCUT2D eigenvalue weighted by Crippen LogP contribution is -2.16. The lowest BCUT2D eigenvalue weighted by atomic mass is 11.0. The van der Waals surface area contributed by atoms with E-state index in [2.05, 4.69) is 11.9 Å². The molecule has 0 rings (SSSR count). The third-order valence-electron chi connectivity index (χ3n) is 0.410. The maximum absolute atomic E-state index is 9.84. The Balaban J connectivity index is 3.57. The van der Waals surface area contributed by atoms with Gasteiger partial charge in [0.2, 0.25) is 0 Å². The minimum atomic E-state index is -3.87. The zero-order valence-electron chi connectivity index (χ0n) is 4.16. The number of nitrogens with one attached hydrogen (secondary N) is 1. The van der Waals surface area contributed by atoms with E-state index in [1.165, 1.54) is 6.20 Å². The van der Waals surface area contributed by atoms with Crippen LogP contribution < -0.4 is 5.32 Å². The molecule has 0 radical (unpaired) electrons. The van der Waals surface area contributed by atoms with Crippen LogP contribution in [0.2, 0.25) is 0 Å². The fourth-order valence-corrected chi connectivity index (χ4v) is 0.493. The van der Waals surface area contributed by atoms with Crippen molar-refractivity contribution in [1.29, 1.82) is 0 Å². The normalized spacial score (nSPS) is 10.6. The molecule has 0 saturated heterocycles. The first-order chi connectivity index (χ1) is 3.56. The molecule has 0 aliphatic heterocycles. The van der Waals surface area contributed by atoms with E-state index in [1.807, 2.05) is 0 Å². The Morgan fingerprint density at radius 2 is 2.25 bits per heavy atom. The highest BCUT2D eigenvalue weighted by Crippen LogP contribution is 1.73. The molecule has 48 valence electrons. The summed E-state index contributed by atoms with van der Waals surface area (Å²) in [5.41, 5.74) is 0. The van der Waals surface area contributed by atoms with Crippen molar-refractivity contribution in [1.82, 2.24) is 5.32 Å². The topological polar surface area (TPSA) is 66.4 Å². The quantitative estimate of drug-likeness (QED) is 0.518. The van der Waals surface area contributed by atoms with Gasteiger partial charge in [0, 0.05) is 0 Å². The summed E-state index contributed by atoms with van der Waals surface area (Å²) in [6, 6.07) is 0. The van der Waals surface area contributed by atoms with Crippen LogP contribution in [0.15, 0.2) is 12.8 Å². The van der Waals surface area contributed by atoms with Gasteiger partial charge in [-0.1, -0.05) is 6.58 Å². The van der Waals surface area contributed by atoms with Crippen LogP contribution >= 0.6 is 0 Å². The minimum absolute atomic E-state index is 0.476. The summed E-state index contributed by atoms with van der Waals surface area (Å²) >= 11 is 0. The van der Waals surface area contributed by atoms with Crippen molar-refractivity contribution in [3.8, 4) is 0 Å². The Bertz CT molecular complexity index is 159. The van der Waals surface area contributed by atoms with Crippen LogP contribution in [0.1, 0.15) is 0 Å². The van der Waals surface area contributed by atoms with Crippen LogP contribution in [-0.2, 0) is 10.1 Å². The lowest BCUT2D eigenvalue weighted by Gasteiger charge is -1.92. The highest BCUT2D eigenvalue weighted by Gasteiger charge is 1.98. The second-order valence-corrected chi connectivity index (χ2v) is 2.59. The average Bonchev–Trinajstić information content (AvgIpc) is 1.59. The Morgan fingerprint density at radius 3 is 2.38 bits per heavy atom. The molecule has 0 heterocycles. The maximum atomic E-state index is 9.84. The van der Waals surface area contributed by atoms with Crippen LogP contribution in [0.3, 0.4) is 0 Å². The third kappa shape index (κ3) is 5.45. The van der Waals surface area contributed by atoms with Gasteiger partial charge in [-0.3, -0.25) is 4.55 Å². The molecule has 0 atom stereocenters. The van der Waals surface area contributed by atoms with Crippen molar-refractivity contribution in [2.24, 2.45) is 0 Å². The van der Waals surface area contributed by atoms with Crippen LogP contribution in [0, 0.1) is 0 Å². The predicted octanol–water partition coefficient (Wildman–Crippen LogP) is -0.435. The molecule has 0 fully saturated rings. The van der Waals surface area contributed by atoms with Gasteiger partial charge in [-0.15, -0.1) is 0 Å². The Morgan fingerprint density at radius 1 is 1.75 bits per heavy atom. The molecule has 8 heavy (non-hydrogen) atoms. The minimum Gasteiger partial charge on any atom is -0.376 e. The average molecular weight is 137 g/mol. The van der Waals surface area contributed by atoms with Crippen LogP contribution in [0.5, 0.6) is 0 Å². The largest absolute Gasteiger partial charge is 0.376 e. The first-order valence-electron chi connectivity index (χ1n) is 1.86. The molecule has 0 aliphatic rings. The summed E-state index contributed by atoms with van der Waals surface area (Å²) in [5, 5.41) is 2.21. The van der Waals surface area contributed by atoms with Gasteiger partial charge in [-0.05, 0) is 6.20 Å². The van der Waals surface area contributed by atoms with Crippen molar-refractivity contribution in [2.45, 2.75) is 0 Å².